The van der Waals surface area contributed by atoms with Crippen molar-refractivity contribution < 1.29 is 0 Å². The number of nitrogens with one attached hydrogen (secondary N) is 3. The van der Waals surface area contributed by atoms with Gasteiger partial charge in [-0.1, -0.05) is 30.4 Å². The Morgan fingerprint density at radius 2 is 2.08 bits per heavy atom. The summed E-state index contributed by atoms with van der Waals surface area (Å²) >= 11 is 0. The molecule has 0 aliphatic heterocycles. The van der Waals surface area contributed by atoms with Crippen molar-refractivity contribution in [3.8, 4) is 0 Å². The molecular formula is C19H27IN4. The zero-order valence-corrected chi connectivity index (χ0v) is 16.8. The quantitative estimate of drug-likeness (QED) is 0.287. The van der Waals surface area contributed by atoms with Crippen molar-refractivity contribution in [3.63, 3.8) is 0 Å². The minimum Gasteiger partial charge on any atom is -0.361 e. The molecule has 1 aromatic carbocycles. The Hall–Kier alpha value is -1.50. The highest BCUT2D eigenvalue weighted by Gasteiger charge is 2.11. The Bertz CT molecular complexity index is 709. The molecule has 3 rings (SSSR count). The summed E-state index contributed by atoms with van der Waals surface area (Å²) in [7, 11) is 0. The van der Waals surface area contributed by atoms with Gasteiger partial charge in [-0.3, -0.25) is 4.99 Å². The number of aliphatic imine (C=N–C) groups is 1. The Labute approximate surface area is 161 Å². The molecule has 24 heavy (non-hydrogen) atoms. The van der Waals surface area contributed by atoms with Crippen molar-refractivity contribution in [1.29, 1.82) is 0 Å². The number of nitrogens with zero attached hydrogens (tertiary/aromatic N) is 1. The molecule has 1 aromatic heterocycles. The highest BCUT2D eigenvalue weighted by molar-refractivity contribution is 14.0. The Kier molecular flexibility index (Phi) is 7.15. The van der Waals surface area contributed by atoms with Crippen LogP contribution in [-0.2, 0) is 6.42 Å². The zero-order chi connectivity index (χ0) is 16.1. The second-order valence-corrected chi connectivity index (χ2v) is 6.11. The molecule has 0 spiro atoms. The highest BCUT2D eigenvalue weighted by atomic mass is 127. The van der Waals surface area contributed by atoms with Crippen molar-refractivity contribution in [1.82, 2.24) is 15.6 Å². The molecule has 0 radical (unpaired) electrons. The van der Waals surface area contributed by atoms with Gasteiger partial charge in [-0.25, -0.2) is 0 Å². The summed E-state index contributed by atoms with van der Waals surface area (Å²) in [5.74, 6) is 0.928. The number of fused-ring (bicyclic) bond motifs is 1. The molecule has 3 N–H and O–H groups in total. The lowest BCUT2D eigenvalue weighted by atomic mass is 10.1. The number of para-hydroxylation sites is 1. The maximum atomic E-state index is 4.73. The molecule has 4 nitrogen and oxygen atoms in total. The van der Waals surface area contributed by atoms with Gasteiger partial charge in [0.25, 0.3) is 0 Å². The van der Waals surface area contributed by atoms with Crippen LogP contribution in [0.4, 0.5) is 0 Å². The van der Waals surface area contributed by atoms with E-state index in [0.29, 0.717) is 6.04 Å². The van der Waals surface area contributed by atoms with Crippen LogP contribution < -0.4 is 10.6 Å². The molecule has 0 unspecified atom stereocenters. The molecule has 0 amide bonds. The summed E-state index contributed by atoms with van der Waals surface area (Å²) in [6.07, 6.45) is 9.71. The van der Waals surface area contributed by atoms with E-state index in [9.17, 15) is 0 Å². The van der Waals surface area contributed by atoms with E-state index in [2.05, 4.69) is 66.0 Å². The number of guanidine groups is 1. The SMILES string of the molecule is CCNC(=NCCc1c[nH]c2c(C)cccc12)NC1CC=CC1.I. The molecule has 0 atom stereocenters. The third-order valence-electron chi connectivity index (χ3n) is 4.35. The standard InChI is InChI=1S/C19H26N4.HI/c1-3-20-19(23-16-8-4-5-9-16)21-12-11-15-13-22-18-14(2)7-6-10-17(15)18;/h4-7,10,13,16,22H,3,8-9,11-12H2,1-2H3,(H2,20,21,23);1H. The first kappa shape index (κ1) is 18.8. The maximum absolute atomic E-state index is 4.73. The lowest BCUT2D eigenvalue weighted by Crippen LogP contribution is -2.42. The number of rotatable bonds is 5. The van der Waals surface area contributed by atoms with Crippen LogP contribution in [-0.4, -0.2) is 30.1 Å². The van der Waals surface area contributed by atoms with Gasteiger partial charge >= 0.3 is 0 Å². The second-order valence-electron chi connectivity index (χ2n) is 6.11. The molecule has 1 heterocycles. The molecule has 1 aliphatic carbocycles. The Morgan fingerprint density at radius 1 is 1.29 bits per heavy atom. The van der Waals surface area contributed by atoms with Gasteiger partial charge in [-0.15, -0.1) is 24.0 Å². The lowest BCUT2D eigenvalue weighted by molar-refractivity contribution is 0.633. The maximum Gasteiger partial charge on any atom is 0.191 e. The first-order valence-electron chi connectivity index (χ1n) is 8.53. The zero-order valence-electron chi connectivity index (χ0n) is 14.4. The van der Waals surface area contributed by atoms with E-state index in [4.69, 9.17) is 4.99 Å². The summed E-state index contributed by atoms with van der Waals surface area (Å²) < 4.78 is 0. The van der Waals surface area contributed by atoms with Crippen LogP contribution in [0.1, 0.15) is 30.9 Å². The first-order valence-corrected chi connectivity index (χ1v) is 8.53. The fourth-order valence-corrected chi connectivity index (χ4v) is 3.11. The number of halogens is 1. The van der Waals surface area contributed by atoms with Crippen molar-refractivity contribution in [3.05, 3.63) is 47.7 Å². The molecule has 1 aliphatic rings. The highest BCUT2D eigenvalue weighted by Crippen LogP contribution is 2.21. The molecule has 5 heteroatoms. The number of H-pyrrole nitrogens is 1. The molecule has 2 aromatic rings. The summed E-state index contributed by atoms with van der Waals surface area (Å²) in [4.78, 5) is 8.12. The van der Waals surface area contributed by atoms with Gasteiger partial charge in [-0.05, 0) is 44.2 Å². The molecule has 0 saturated carbocycles. The van der Waals surface area contributed by atoms with Gasteiger partial charge in [-0.2, -0.15) is 0 Å². The predicted molar refractivity (Wildman–Crippen MR) is 113 cm³/mol. The van der Waals surface area contributed by atoms with Crippen LogP contribution >= 0.6 is 24.0 Å². The second kappa shape index (κ2) is 9.11. The number of aromatic nitrogens is 1. The van der Waals surface area contributed by atoms with Crippen molar-refractivity contribution in [2.45, 2.75) is 39.2 Å². The van der Waals surface area contributed by atoms with Gasteiger partial charge in [0.1, 0.15) is 0 Å². The number of hydrogen-bond donors (Lipinski definition) is 3. The summed E-state index contributed by atoms with van der Waals surface area (Å²) in [5.41, 5.74) is 3.88. The lowest BCUT2D eigenvalue weighted by Gasteiger charge is -2.16. The van der Waals surface area contributed by atoms with Crippen molar-refractivity contribution >= 4 is 40.8 Å². The van der Waals surface area contributed by atoms with Crippen molar-refractivity contribution in [2.24, 2.45) is 4.99 Å². The van der Waals surface area contributed by atoms with Crippen LogP contribution in [0.3, 0.4) is 0 Å². The third-order valence-corrected chi connectivity index (χ3v) is 4.35. The molecule has 0 saturated heterocycles. The topological polar surface area (TPSA) is 52.2 Å². The summed E-state index contributed by atoms with van der Waals surface area (Å²) in [6.45, 7) is 5.92. The van der Waals surface area contributed by atoms with E-state index in [0.717, 1.165) is 38.3 Å². The van der Waals surface area contributed by atoms with E-state index in [1.165, 1.54) is 22.0 Å². The van der Waals surface area contributed by atoms with Crippen LogP contribution in [0.15, 0.2) is 41.5 Å². The van der Waals surface area contributed by atoms with Crippen LogP contribution in [0.2, 0.25) is 0 Å². The average molecular weight is 438 g/mol. The number of aromatic amines is 1. The van der Waals surface area contributed by atoms with Gasteiger partial charge in [0.05, 0.1) is 0 Å². The monoisotopic (exact) mass is 438 g/mol. The van der Waals surface area contributed by atoms with E-state index in [1.54, 1.807) is 0 Å². The smallest absolute Gasteiger partial charge is 0.191 e. The van der Waals surface area contributed by atoms with E-state index in [-0.39, 0.29) is 24.0 Å². The Balaban J connectivity index is 0.00000208. The van der Waals surface area contributed by atoms with Gasteiger partial charge < -0.3 is 15.6 Å². The van der Waals surface area contributed by atoms with E-state index in [1.807, 2.05) is 0 Å². The van der Waals surface area contributed by atoms with E-state index < -0.39 is 0 Å². The fourth-order valence-electron chi connectivity index (χ4n) is 3.11. The number of hydrogen-bond acceptors (Lipinski definition) is 1. The largest absolute Gasteiger partial charge is 0.361 e. The predicted octanol–water partition coefficient (Wildman–Crippen LogP) is 3.91. The molecule has 130 valence electrons. The fraction of sp³-hybridized carbons (Fsp3) is 0.421. The normalized spacial score (nSPS) is 14.8. The van der Waals surface area contributed by atoms with E-state index >= 15 is 0 Å². The minimum atomic E-state index is 0. The molecule has 0 fully saturated rings. The summed E-state index contributed by atoms with van der Waals surface area (Å²) in [6, 6.07) is 6.94. The van der Waals surface area contributed by atoms with Crippen molar-refractivity contribution in [2.75, 3.05) is 13.1 Å². The summed E-state index contributed by atoms with van der Waals surface area (Å²) in [5, 5.41) is 8.17. The van der Waals surface area contributed by atoms with Gasteiger partial charge in [0, 0.05) is 36.2 Å². The Morgan fingerprint density at radius 3 is 2.83 bits per heavy atom. The third kappa shape index (κ3) is 4.53. The number of aryl methyl sites for hydroxylation is 1. The van der Waals surface area contributed by atoms with Crippen LogP contribution in [0.25, 0.3) is 10.9 Å². The van der Waals surface area contributed by atoms with Crippen LogP contribution in [0.5, 0.6) is 0 Å². The van der Waals surface area contributed by atoms with Gasteiger partial charge in [0.2, 0.25) is 0 Å². The van der Waals surface area contributed by atoms with Crippen LogP contribution in [0, 0.1) is 6.92 Å². The number of benzene rings is 1. The molecular weight excluding hydrogens is 411 g/mol. The average Bonchev–Trinajstić information content (AvgIpc) is 3.18. The first-order chi connectivity index (χ1) is 11.3. The molecule has 0 bridgehead atoms. The van der Waals surface area contributed by atoms with Gasteiger partial charge in [0.15, 0.2) is 5.96 Å². The minimum absolute atomic E-state index is 0.